The third-order valence-corrected chi connectivity index (χ3v) is 3.36. The Balaban J connectivity index is 2.22. The van der Waals surface area contributed by atoms with Gasteiger partial charge < -0.3 is 5.32 Å². The number of nitro benzene ring substituents is 1. The van der Waals surface area contributed by atoms with Gasteiger partial charge in [0.15, 0.2) is 0 Å². The molecule has 1 saturated carbocycles. The average Bonchev–Trinajstić information content (AvgIpc) is 3.08. The van der Waals surface area contributed by atoms with E-state index in [-0.39, 0.29) is 11.4 Å². The molecule has 2 rings (SSSR count). The van der Waals surface area contributed by atoms with E-state index in [0.29, 0.717) is 0 Å². The van der Waals surface area contributed by atoms with Crippen LogP contribution in [0, 0.1) is 15.9 Å². The van der Waals surface area contributed by atoms with Gasteiger partial charge in [0, 0.05) is 17.5 Å². The Morgan fingerprint density at radius 2 is 2.17 bits per heavy atom. The second-order valence-corrected chi connectivity index (χ2v) is 4.59. The number of rotatable bonds is 4. The zero-order valence-electron chi connectivity index (χ0n) is 9.28. The molecule has 18 heavy (non-hydrogen) atoms. The van der Waals surface area contributed by atoms with Crippen LogP contribution in [0.1, 0.15) is 23.2 Å². The summed E-state index contributed by atoms with van der Waals surface area (Å²) in [4.78, 5) is 21.7. The fourth-order valence-electron chi connectivity index (χ4n) is 1.57. The number of benzene rings is 1. The van der Waals surface area contributed by atoms with Crippen LogP contribution in [0.3, 0.4) is 0 Å². The van der Waals surface area contributed by atoms with E-state index in [4.69, 9.17) is 11.6 Å². The first-order valence-corrected chi connectivity index (χ1v) is 5.83. The van der Waals surface area contributed by atoms with E-state index in [0.717, 1.165) is 31.0 Å². The van der Waals surface area contributed by atoms with Crippen LogP contribution in [0.25, 0.3) is 0 Å². The summed E-state index contributed by atoms with van der Waals surface area (Å²) in [6.07, 6.45) is 1.53. The van der Waals surface area contributed by atoms with Gasteiger partial charge >= 0.3 is 0 Å². The smallest absolute Gasteiger partial charge is 0.273 e. The Kier molecular flexibility index (Phi) is 3.21. The molecule has 0 atom stereocenters. The predicted molar refractivity (Wildman–Crippen MR) is 63.2 cm³/mol. The fraction of sp³-hybridized carbons (Fsp3) is 0.364. The molecule has 1 N–H and O–H groups in total. The SMILES string of the molecule is O=C(NC1(CCl)CC1)c1cc(F)cc([N+](=O)[O-])c1. The summed E-state index contributed by atoms with van der Waals surface area (Å²) in [5.41, 5.74) is -0.950. The third kappa shape index (κ3) is 2.59. The van der Waals surface area contributed by atoms with Crippen molar-refractivity contribution >= 4 is 23.2 Å². The highest BCUT2D eigenvalue weighted by Gasteiger charge is 2.43. The summed E-state index contributed by atoms with van der Waals surface area (Å²) in [6.45, 7) is 0. The number of carbonyl (C=O) groups is 1. The first kappa shape index (κ1) is 12.8. The van der Waals surface area contributed by atoms with Gasteiger partial charge in [0.2, 0.25) is 0 Å². The number of hydrogen-bond donors (Lipinski definition) is 1. The third-order valence-electron chi connectivity index (χ3n) is 2.84. The fourth-order valence-corrected chi connectivity index (χ4v) is 1.90. The minimum absolute atomic E-state index is 0.0712. The van der Waals surface area contributed by atoms with E-state index < -0.39 is 27.9 Å². The van der Waals surface area contributed by atoms with E-state index >= 15 is 0 Å². The normalized spacial score (nSPS) is 16.1. The molecule has 0 radical (unpaired) electrons. The van der Waals surface area contributed by atoms with Gasteiger partial charge in [-0.2, -0.15) is 0 Å². The number of non-ortho nitro benzene ring substituents is 1. The number of alkyl halides is 1. The van der Waals surface area contributed by atoms with Crippen LogP contribution in [0.2, 0.25) is 0 Å². The van der Waals surface area contributed by atoms with Crippen LogP contribution in [0.5, 0.6) is 0 Å². The Bertz CT molecular complexity index is 517. The largest absolute Gasteiger partial charge is 0.345 e. The number of hydrogen-bond acceptors (Lipinski definition) is 3. The minimum Gasteiger partial charge on any atom is -0.345 e. The van der Waals surface area contributed by atoms with Crippen LogP contribution < -0.4 is 5.32 Å². The number of carbonyl (C=O) groups excluding carboxylic acids is 1. The molecule has 0 heterocycles. The molecular formula is C11H10ClFN2O3. The number of nitrogens with zero attached hydrogens (tertiary/aromatic N) is 1. The lowest BCUT2D eigenvalue weighted by Crippen LogP contribution is -2.38. The molecule has 7 heteroatoms. The summed E-state index contributed by atoms with van der Waals surface area (Å²) in [6, 6.07) is 2.78. The molecule has 0 saturated heterocycles. The maximum atomic E-state index is 13.2. The molecule has 1 aromatic rings. The Labute approximate surface area is 107 Å². The molecule has 0 spiro atoms. The Morgan fingerprint density at radius 1 is 1.50 bits per heavy atom. The number of halogens is 2. The van der Waals surface area contributed by atoms with Crippen molar-refractivity contribution in [2.75, 3.05) is 5.88 Å². The topological polar surface area (TPSA) is 72.2 Å². The quantitative estimate of drug-likeness (QED) is 0.519. The number of amides is 1. The van der Waals surface area contributed by atoms with Crippen molar-refractivity contribution in [3.63, 3.8) is 0 Å². The molecule has 0 bridgehead atoms. The van der Waals surface area contributed by atoms with Crippen molar-refractivity contribution in [2.24, 2.45) is 0 Å². The molecule has 0 aromatic heterocycles. The highest BCUT2D eigenvalue weighted by molar-refractivity contribution is 6.19. The summed E-state index contributed by atoms with van der Waals surface area (Å²) in [5, 5.41) is 13.2. The predicted octanol–water partition coefficient (Wildman–Crippen LogP) is 2.24. The van der Waals surface area contributed by atoms with E-state index in [1.54, 1.807) is 0 Å². The van der Waals surface area contributed by atoms with Crippen molar-refractivity contribution in [3.05, 3.63) is 39.7 Å². The lowest BCUT2D eigenvalue weighted by Gasteiger charge is -2.13. The number of nitrogens with one attached hydrogen (secondary N) is 1. The van der Waals surface area contributed by atoms with E-state index in [2.05, 4.69) is 5.32 Å². The lowest BCUT2D eigenvalue weighted by molar-refractivity contribution is -0.385. The molecule has 0 unspecified atom stereocenters. The van der Waals surface area contributed by atoms with Crippen LogP contribution >= 0.6 is 11.6 Å². The zero-order chi connectivity index (χ0) is 13.3. The van der Waals surface area contributed by atoms with Gasteiger partial charge in [0.05, 0.1) is 16.5 Å². The summed E-state index contributed by atoms with van der Waals surface area (Å²) >= 11 is 5.70. The van der Waals surface area contributed by atoms with Gasteiger partial charge in [-0.05, 0) is 18.9 Å². The second-order valence-electron chi connectivity index (χ2n) is 4.32. The minimum atomic E-state index is -0.815. The molecule has 1 aliphatic carbocycles. The van der Waals surface area contributed by atoms with E-state index in [1.807, 2.05) is 0 Å². The molecule has 5 nitrogen and oxygen atoms in total. The van der Waals surface area contributed by atoms with Crippen molar-refractivity contribution < 1.29 is 14.1 Å². The first-order chi connectivity index (χ1) is 8.46. The van der Waals surface area contributed by atoms with Crippen molar-refractivity contribution in [1.29, 1.82) is 0 Å². The summed E-state index contributed by atoms with van der Waals surface area (Å²) in [7, 11) is 0. The first-order valence-electron chi connectivity index (χ1n) is 5.29. The molecule has 96 valence electrons. The van der Waals surface area contributed by atoms with Gasteiger partial charge in [-0.1, -0.05) is 0 Å². The molecule has 0 aliphatic heterocycles. The van der Waals surface area contributed by atoms with Crippen molar-refractivity contribution in [2.45, 2.75) is 18.4 Å². The van der Waals surface area contributed by atoms with Crippen molar-refractivity contribution in [1.82, 2.24) is 5.32 Å². The van der Waals surface area contributed by atoms with Crippen LogP contribution in [-0.2, 0) is 0 Å². The highest BCUT2D eigenvalue weighted by atomic mass is 35.5. The second kappa shape index (κ2) is 4.53. The van der Waals surface area contributed by atoms with Gasteiger partial charge in [-0.3, -0.25) is 14.9 Å². The molecule has 1 fully saturated rings. The molecule has 1 aliphatic rings. The van der Waals surface area contributed by atoms with E-state index in [9.17, 15) is 19.3 Å². The number of nitro groups is 1. The van der Waals surface area contributed by atoms with Crippen LogP contribution in [-0.4, -0.2) is 22.2 Å². The highest BCUT2D eigenvalue weighted by Crippen LogP contribution is 2.36. The maximum absolute atomic E-state index is 13.2. The Morgan fingerprint density at radius 3 is 2.67 bits per heavy atom. The van der Waals surface area contributed by atoms with Gasteiger partial charge in [-0.25, -0.2) is 4.39 Å². The summed E-state index contributed by atoms with van der Waals surface area (Å²) in [5.74, 6) is -1.09. The van der Waals surface area contributed by atoms with Gasteiger partial charge in [0.1, 0.15) is 5.82 Å². The monoisotopic (exact) mass is 272 g/mol. The van der Waals surface area contributed by atoms with E-state index in [1.165, 1.54) is 0 Å². The van der Waals surface area contributed by atoms with Gasteiger partial charge in [0.25, 0.3) is 11.6 Å². The average molecular weight is 273 g/mol. The Hall–Kier alpha value is -1.69. The van der Waals surface area contributed by atoms with Crippen LogP contribution in [0.15, 0.2) is 18.2 Å². The lowest BCUT2D eigenvalue weighted by atomic mass is 10.1. The standard InChI is InChI=1S/C11H10ClFN2O3/c12-6-11(1-2-11)14-10(16)7-3-8(13)5-9(4-7)15(17)18/h3-5H,1-2,6H2,(H,14,16). The van der Waals surface area contributed by atoms with Crippen LogP contribution in [0.4, 0.5) is 10.1 Å². The molecule has 1 amide bonds. The molecule has 1 aromatic carbocycles. The maximum Gasteiger partial charge on any atom is 0.273 e. The summed E-state index contributed by atoms with van der Waals surface area (Å²) < 4.78 is 13.2. The van der Waals surface area contributed by atoms with Crippen molar-refractivity contribution in [3.8, 4) is 0 Å². The van der Waals surface area contributed by atoms with Gasteiger partial charge in [-0.15, -0.1) is 11.6 Å². The zero-order valence-corrected chi connectivity index (χ0v) is 10.0. The molecular weight excluding hydrogens is 263 g/mol.